The Morgan fingerprint density at radius 1 is 1.08 bits per heavy atom. The molecule has 8 heteroatoms. The minimum absolute atomic E-state index is 0.0156. The van der Waals surface area contributed by atoms with Crippen molar-refractivity contribution in [1.82, 2.24) is 4.72 Å². The van der Waals surface area contributed by atoms with E-state index < -0.39 is 45.9 Å². The van der Waals surface area contributed by atoms with Gasteiger partial charge in [-0.3, -0.25) is 4.79 Å². The molecule has 0 fully saturated rings. The van der Waals surface area contributed by atoms with E-state index >= 15 is 0 Å². The van der Waals surface area contributed by atoms with Crippen LogP contribution in [0.3, 0.4) is 0 Å². The zero-order valence-electron chi connectivity index (χ0n) is 15.5. The molecule has 0 aromatic carbocycles. The average Bonchev–Trinajstić information content (AvgIpc) is 2.33. The monoisotopic (exact) mass is 373 g/mol. The molecule has 0 rings (SSSR count). The molecule has 0 spiro atoms. The van der Waals surface area contributed by atoms with Gasteiger partial charge in [-0.15, -0.1) is 0 Å². The van der Waals surface area contributed by atoms with Gasteiger partial charge in [0, 0.05) is 0 Å². The first-order valence-electron chi connectivity index (χ1n) is 8.11. The predicted octanol–water partition coefficient (Wildman–Crippen LogP) is 3.97. The number of nitrogens with one attached hydrogen (secondary N) is 1. The van der Waals surface area contributed by atoms with Gasteiger partial charge in [0.15, 0.2) is 0 Å². The average molecular weight is 373 g/mol. The van der Waals surface area contributed by atoms with Crippen LogP contribution < -0.4 is 4.72 Å². The standard InChI is InChI=1S/C16H30F3NO3S/c1-10(2)8-9-12(14(21)23-11(3)4)13(16(17,18)19)20-24(22)15(5,6)7/h10-13,20H,8-9H2,1-7H3/t12-,13-,24-/m1/s1. The first-order valence-corrected chi connectivity index (χ1v) is 9.26. The maximum atomic E-state index is 13.5. The molecule has 0 saturated carbocycles. The SMILES string of the molecule is CC(C)CC[C@@H](C(=O)OC(C)C)[C@@H](N[S@](=O)C(C)(C)C)C(F)(F)F. The van der Waals surface area contributed by atoms with Gasteiger partial charge in [-0.05, 0) is 47.0 Å². The fourth-order valence-electron chi connectivity index (χ4n) is 1.92. The number of hydrogen-bond acceptors (Lipinski definition) is 3. The second-order valence-corrected chi connectivity index (χ2v) is 9.58. The molecule has 0 aliphatic heterocycles. The second kappa shape index (κ2) is 9.17. The second-order valence-electron chi connectivity index (χ2n) is 7.58. The van der Waals surface area contributed by atoms with Crippen molar-refractivity contribution >= 4 is 17.0 Å². The summed E-state index contributed by atoms with van der Waals surface area (Å²) in [5, 5.41) is 0. The maximum absolute atomic E-state index is 13.5. The predicted molar refractivity (Wildman–Crippen MR) is 89.7 cm³/mol. The van der Waals surface area contributed by atoms with Crippen LogP contribution in [0.5, 0.6) is 0 Å². The van der Waals surface area contributed by atoms with E-state index in [1.54, 1.807) is 34.6 Å². The highest BCUT2D eigenvalue weighted by atomic mass is 32.2. The van der Waals surface area contributed by atoms with Gasteiger partial charge in [-0.25, -0.2) is 8.93 Å². The van der Waals surface area contributed by atoms with Gasteiger partial charge < -0.3 is 4.74 Å². The smallest absolute Gasteiger partial charge is 0.405 e. The van der Waals surface area contributed by atoms with Gasteiger partial charge in [-0.1, -0.05) is 20.3 Å². The van der Waals surface area contributed by atoms with Crippen LogP contribution in [0.4, 0.5) is 13.2 Å². The third-order valence-electron chi connectivity index (χ3n) is 3.25. The van der Waals surface area contributed by atoms with E-state index in [1.165, 1.54) is 0 Å². The summed E-state index contributed by atoms with van der Waals surface area (Å²) in [4.78, 5) is 12.2. The highest BCUT2D eigenvalue weighted by Crippen LogP contribution is 2.31. The first-order chi connectivity index (χ1) is 10.7. The fourth-order valence-corrected chi connectivity index (χ4v) is 2.80. The van der Waals surface area contributed by atoms with E-state index in [4.69, 9.17) is 4.74 Å². The summed E-state index contributed by atoms with van der Waals surface area (Å²) in [6.45, 7) is 11.6. The van der Waals surface area contributed by atoms with Crippen LogP contribution in [0.25, 0.3) is 0 Å². The van der Waals surface area contributed by atoms with Crippen molar-refractivity contribution in [2.75, 3.05) is 0 Å². The van der Waals surface area contributed by atoms with Crippen molar-refractivity contribution in [2.45, 2.75) is 84.4 Å². The lowest BCUT2D eigenvalue weighted by atomic mass is 9.91. The number of ether oxygens (including phenoxy) is 1. The number of halogens is 3. The van der Waals surface area contributed by atoms with Crippen LogP contribution >= 0.6 is 0 Å². The van der Waals surface area contributed by atoms with Gasteiger partial charge in [0.2, 0.25) is 0 Å². The maximum Gasteiger partial charge on any atom is 0.405 e. The van der Waals surface area contributed by atoms with Crippen molar-refractivity contribution in [1.29, 1.82) is 0 Å². The summed E-state index contributed by atoms with van der Waals surface area (Å²) in [5.41, 5.74) is 0. The van der Waals surface area contributed by atoms with E-state index in [0.717, 1.165) is 0 Å². The lowest BCUT2D eigenvalue weighted by molar-refractivity contribution is -0.181. The molecule has 0 aliphatic carbocycles. The molecule has 4 nitrogen and oxygen atoms in total. The van der Waals surface area contributed by atoms with Crippen LogP contribution in [0, 0.1) is 11.8 Å². The molecule has 1 N–H and O–H groups in total. The van der Waals surface area contributed by atoms with Crippen LogP contribution in [-0.2, 0) is 20.5 Å². The Bertz CT molecular complexity index is 431. The summed E-state index contributed by atoms with van der Waals surface area (Å²) < 4.78 is 59.0. The minimum atomic E-state index is -4.71. The van der Waals surface area contributed by atoms with Gasteiger partial charge >= 0.3 is 12.1 Å². The summed E-state index contributed by atoms with van der Waals surface area (Å²) in [5.74, 6) is -2.20. The molecular formula is C16H30F3NO3S. The highest BCUT2D eigenvalue weighted by Gasteiger charge is 2.49. The van der Waals surface area contributed by atoms with Crippen molar-refractivity contribution in [3.63, 3.8) is 0 Å². The molecule has 0 aromatic rings. The normalized spacial score (nSPS) is 17.0. The Morgan fingerprint density at radius 3 is 1.92 bits per heavy atom. The Balaban J connectivity index is 5.55. The summed E-state index contributed by atoms with van der Waals surface area (Å²) in [6, 6.07) is -2.21. The van der Waals surface area contributed by atoms with Crippen molar-refractivity contribution in [3.8, 4) is 0 Å². The molecule has 24 heavy (non-hydrogen) atoms. The van der Waals surface area contributed by atoms with Crippen LogP contribution in [0.1, 0.15) is 61.3 Å². The Hall–Kier alpha value is -0.630. The molecule has 0 unspecified atom stereocenters. The molecule has 0 radical (unpaired) electrons. The third-order valence-corrected chi connectivity index (χ3v) is 4.84. The van der Waals surface area contributed by atoms with Crippen molar-refractivity contribution in [3.05, 3.63) is 0 Å². The van der Waals surface area contributed by atoms with Crippen molar-refractivity contribution < 1.29 is 26.9 Å². The zero-order chi connectivity index (χ0) is 19.3. The Morgan fingerprint density at radius 2 is 1.58 bits per heavy atom. The molecule has 0 bridgehead atoms. The molecule has 0 heterocycles. The van der Waals surface area contributed by atoms with E-state index in [0.29, 0.717) is 6.42 Å². The molecule has 0 amide bonds. The number of alkyl halides is 3. The molecular weight excluding hydrogens is 343 g/mol. The minimum Gasteiger partial charge on any atom is -0.463 e. The Labute approximate surface area is 145 Å². The van der Waals surface area contributed by atoms with E-state index in [1.807, 2.05) is 13.8 Å². The molecule has 144 valence electrons. The molecule has 3 atom stereocenters. The van der Waals surface area contributed by atoms with Crippen molar-refractivity contribution in [2.24, 2.45) is 11.8 Å². The van der Waals surface area contributed by atoms with E-state index in [-0.39, 0.29) is 12.3 Å². The lowest BCUT2D eigenvalue weighted by Gasteiger charge is -2.31. The summed E-state index contributed by atoms with van der Waals surface area (Å²) >= 11 is 0. The third kappa shape index (κ3) is 8.46. The number of esters is 1. The fraction of sp³-hybridized carbons (Fsp3) is 0.938. The van der Waals surface area contributed by atoms with Crippen LogP contribution in [-0.4, -0.2) is 33.2 Å². The van der Waals surface area contributed by atoms with Crippen LogP contribution in [0.2, 0.25) is 0 Å². The van der Waals surface area contributed by atoms with Crippen LogP contribution in [0.15, 0.2) is 0 Å². The molecule has 0 aromatic heterocycles. The van der Waals surface area contributed by atoms with Gasteiger partial charge in [0.05, 0.1) is 27.8 Å². The Kier molecular flexibility index (Phi) is 8.93. The zero-order valence-corrected chi connectivity index (χ0v) is 16.3. The van der Waals surface area contributed by atoms with Gasteiger partial charge in [0.1, 0.15) is 6.04 Å². The van der Waals surface area contributed by atoms with E-state index in [2.05, 4.69) is 4.72 Å². The lowest BCUT2D eigenvalue weighted by Crippen LogP contribution is -2.54. The summed E-state index contributed by atoms with van der Waals surface area (Å²) in [7, 11) is -1.96. The number of carbonyl (C=O) groups is 1. The molecule has 0 aliphatic rings. The summed E-state index contributed by atoms with van der Waals surface area (Å²) in [6.07, 6.45) is -4.77. The largest absolute Gasteiger partial charge is 0.463 e. The number of rotatable bonds is 8. The van der Waals surface area contributed by atoms with Gasteiger partial charge in [-0.2, -0.15) is 13.2 Å². The molecule has 0 saturated heterocycles. The topological polar surface area (TPSA) is 55.4 Å². The van der Waals surface area contributed by atoms with Gasteiger partial charge in [0.25, 0.3) is 0 Å². The first kappa shape index (κ1) is 23.4. The number of hydrogen-bond donors (Lipinski definition) is 1. The van der Waals surface area contributed by atoms with E-state index in [9.17, 15) is 22.2 Å². The number of carbonyl (C=O) groups excluding carboxylic acids is 1. The highest BCUT2D eigenvalue weighted by molar-refractivity contribution is 7.84. The quantitative estimate of drug-likeness (QED) is 0.655.